The number of amidine groups is 1. The van der Waals surface area contributed by atoms with Crippen molar-refractivity contribution in [3.63, 3.8) is 0 Å². The van der Waals surface area contributed by atoms with Crippen molar-refractivity contribution in [3.05, 3.63) is 17.8 Å². The lowest BCUT2D eigenvalue weighted by atomic mass is 10.1. The summed E-state index contributed by atoms with van der Waals surface area (Å²) >= 11 is 0. The van der Waals surface area contributed by atoms with E-state index < -0.39 is 0 Å². The Morgan fingerprint density at radius 1 is 1.53 bits per heavy atom. The van der Waals surface area contributed by atoms with Crippen LogP contribution in [0.2, 0.25) is 0 Å². The van der Waals surface area contributed by atoms with Crippen LogP contribution in [0.25, 0.3) is 0 Å². The summed E-state index contributed by atoms with van der Waals surface area (Å²) in [6.07, 6.45) is 3.52. The fraction of sp³-hybridized carbons (Fsp3) is 0.545. The number of nitrogens with zero attached hydrogens (tertiary/aromatic N) is 4. The minimum absolute atomic E-state index is 0.0488. The molecule has 17 heavy (non-hydrogen) atoms. The molecule has 0 atom stereocenters. The van der Waals surface area contributed by atoms with Crippen LogP contribution in [0, 0.1) is 0 Å². The molecule has 0 saturated heterocycles. The minimum Gasteiger partial charge on any atom is -0.409 e. The molecule has 0 aromatic carbocycles. The number of aromatic nitrogens is 2. The molecule has 3 N–H and O–H groups in total. The van der Waals surface area contributed by atoms with Gasteiger partial charge in [0.1, 0.15) is 0 Å². The number of hydrogen-bond acceptors (Lipinski definition) is 5. The van der Waals surface area contributed by atoms with E-state index in [9.17, 15) is 0 Å². The Labute approximate surface area is 101 Å². The first-order valence-corrected chi connectivity index (χ1v) is 5.68. The Kier molecular flexibility index (Phi) is 4.68. The van der Waals surface area contributed by atoms with E-state index >= 15 is 0 Å². The summed E-state index contributed by atoms with van der Waals surface area (Å²) in [6, 6.07) is 2.05. The lowest BCUT2D eigenvalue weighted by Crippen LogP contribution is -2.33. The second-order valence-corrected chi connectivity index (χ2v) is 3.83. The SMILES string of the molecule is CCC(CC)N(C)c1nnccc1/C(N)=N/O. The van der Waals surface area contributed by atoms with Gasteiger partial charge in [0.25, 0.3) is 0 Å². The monoisotopic (exact) mass is 237 g/mol. The number of hydrogen-bond donors (Lipinski definition) is 2. The molecule has 0 saturated carbocycles. The van der Waals surface area contributed by atoms with E-state index in [0.29, 0.717) is 17.4 Å². The summed E-state index contributed by atoms with van der Waals surface area (Å²) in [7, 11) is 1.94. The maximum absolute atomic E-state index is 8.74. The fourth-order valence-corrected chi connectivity index (χ4v) is 1.85. The molecule has 1 rings (SSSR count). The Balaban J connectivity index is 3.13. The predicted molar refractivity (Wildman–Crippen MR) is 67.3 cm³/mol. The summed E-state index contributed by atoms with van der Waals surface area (Å²) in [5.74, 6) is 0.684. The topological polar surface area (TPSA) is 87.6 Å². The quantitative estimate of drug-likeness (QED) is 0.347. The third-order valence-corrected chi connectivity index (χ3v) is 2.91. The van der Waals surface area contributed by atoms with Crippen LogP contribution >= 0.6 is 0 Å². The summed E-state index contributed by atoms with van der Waals surface area (Å²) in [4.78, 5) is 2.01. The van der Waals surface area contributed by atoms with Gasteiger partial charge in [0.05, 0.1) is 11.8 Å². The van der Waals surface area contributed by atoms with Crippen LogP contribution in [-0.4, -0.2) is 34.3 Å². The van der Waals surface area contributed by atoms with E-state index in [-0.39, 0.29) is 5.84 Å². The largest absolute Gasteiger partial charge is 0.409 e. The zero-order chi connectivity index (χ0) is 12.8. The first-order valence-electron chi connectivity index (χ1n) is 5.68. The van der Waals surface area contributed by atoms with Crippen molar-refractivity contribution in [2.24, 2.45) is 10.9 Å². The Bertz CT molecular complexity index is 389. The maximum Gasteiger partial charge on any atom is 0.173 e. The highest BCUT2D eigenvalue weighted by Gasteiger charge is 2.18. The molecular weight excluding hydrogens is 218 g/mol. The first kappa shape index (κ1) is 13.2. The molecule has 0 spiro atoms. The normalized spacial score (nSPS) is 11.9. The fourth-order valence-electron chi connectivity index (χ4n) is 1.85. The molecule has 6 heteroatoms. The number of anilines is 1. The van der Waals surface area contributed by atoms with Crippen molar-refractivity contribution in [3.8, 4) is 0 Å². The molecule has 1 heterocycles. The molecule has 0 fully saturated rings. The molecule has 0 bridgehead atoms. The molecule has 1 aromatic heterocycles. The number of nitrogens with two attached hydrogens (primary N) is 1. The number of rotatable bonds is 5. The van der Waals surface area contributed by atoms with Crippen LogP contribution in [0.3, 0.4) is 0 Å². The molecule has 94 valence electrons. The summed E-state index contributed by atoms with van der Waals surface area (Å²) in [5.41, 5.74) is 6.22. The zero-order valence-corrected chi connectivity index (χ0v) is 10.5. The molecule has 0 amide bonds. The minimum atomic E-state index is 0.0488. The summed E-state index contributed by atoms with van der Waals surface area (Å²) in [6.45, 7) is 4.23. The van der Waals surface area contributed by atoms with E-state index in [1.54, 1.807) is 6.07 Å². The summed E-state index contributed by atoms with van der Waals surface area (Å²) in [5, 5.41) is 19.7. The van der Waals surface area contributed by atoms with E-state index in [1.807, 2.05) is 11.9 Å². The molecule has 0 aliphatic rings. The van der Waals surface area contributed by atoms with Crippen LogP contribution in [-0.2, 0) is 0 Å². The highest BCUT2D eigenvalue weighted by Crippen LogP contribution is 2.19. The van der Waals surface area contributed by atoms with Crippen LogP contribution in [0.15, 0.2) is 17.4 Å². The molecule has 0 unspecified atom stereocenters. The van der Waals surface area contributed by atoms with E-state index in [0.717, 1.165) is 12.8 Å². The zero-order valence-electron chi connectivity index (χ0n) is 10.5. The molecular formula is C11H19N5O. The van der Waals surface area contributed by atoms with E-state index in [1.165, 1.54) is 6.20 Å². The van der Waals surface area contributed by atoms with Crippen molar-refractivity contribution >= 4 is 11.7 Å². The molecule has 0 radical (unpaired) electrons. The van der Waals surface area contributed by atoms with Gasteiger partial charge in [-0.3, -0.25) is 0 Å². The average Bonchev–Trinajstić information content (AvgIpc) is 2.39. The van der Waals surface area contributed by atoms with Gasteiger partial charge in [0.2, 0.25) is 0 Å². The van der Waals surface area contributed by atoms with E-state index in [4.69, 9.17) is 10.9 Å². The standard InChI is InChI=1S/C11H19N5O/c1-4-8(5-2)16(3)11-9(10(12)15-17)6-7-13-14-11/h6-8,17H,4-5H2,1-3H3,(H2,12,15). The lowest BCUT2D eigenvalue weighted by Gasteiger charge is -2.28. The van der Waals surface area contributed by atoms with Gasteiger partial charge < -0.3 is 15.8 Å². The predicted octanol–water partition coefficient (Wildman–Crippen LogP) is 1.20. The van der Waals surface area contributed by atoms with Crippen molar-refractivity contribution in [2.45, 2.75) is 32.7 Å². The highest BCUT2D eigenvalue weighted by molar-refractivity contribution is 6.01. The smallest absolute Gasteiger partial charge is 0.173 e. The Morgan fingerprint density at radius 3 is 2.71 bits per heavy atom. The second kappa shape index (κ2) is 6.03. The van der Waals surface area contributed by atoms with Gasteiger partial charge in [0.15, 0.2) is 11.7 Å². The van der Waals surface area contributed by atoms with Crippen molar-refractivity contribution < 1.29 is 5.21 Å². The Hall–Kier alpha value is -1.85. The van der Waals surface area contributed by atoms with Gasteiger partial charge >= 0.3 is 0 Å². The van der Waals surface area contributed by atoms with Crippen LogP contribution in [0.1, 0.15) is 32.3 Å². The molecule has 0 aliphatic heterocycles. The Morgan fingerprint density at radius 2 is 2.18 bits per heavy atom. The van der Waals surface area contributed by atoms with Gasteiger partial charge in [-0.25, -0.2) is 0 Å². The van der Waals surface area contributed by atoms with Gasteiger partial charge in [0, 0.05) is 13.1 Å². The van der Waals surface area contributed by atoms with Gasteiger partial charge in [-0.15, -0.1) is 5.10 Å². The molecule has 6 nitrogen and oxygen atoms in total. The van der Waals surface area contributed by atoms with Crippen molar-refractivity contribution in [2.75, 3.05) is 11.9 Å². The van der Waals surface area contributed by atoms with Crippen LogP contribution < -0.4 is 10.6 Å². The van der Waals surface area contributed by atoms with Gasteiger partial charge in [-0.1, -0.05) is 19.0 Å². The average molecular weight is 237 g/mol. The third-order valence-electron chi connectivity index (χ3n) is 2.91. The van der Waals surface area contributed by atoms with Crippen molar-refractivity contribution in [1.29, 1.82) is 0 Å². The second-order valence-electron chi connectivity index (χ2n) is 3.83. The highest BCUT2D eigenvalue weighted by atomic mass is 16.4. The van der Waals surface area contributed by atoms with Crippen LogP contribution in [0.5, 0.6) is 0 Å². The lowest BCUT2D eigenvalue weighted by molar-refractivity contribution is 0.318. The van der Waals surface area contributed by atoms with Crippen LogP contribution in [0.4, 0.5) is 5.82 Å². The first-order chi connectivity index (χ1) is 8.15. The molecule has 1 aromatic rings. The van der Waals surface area contributed by atoms with Gasteiger partial charge in [-0.05, 0) is 18.9 Å². The number of oxime groups is 1. The van der Waals surface area contributed by atoms with Crippen molar-refractivity contribution in [1.82, 2.24) is 10.2 Å². The molecule has 0 aliphatic carbocycles. The van der Waals surface area contributed by atoms with E-state index in [2.05, 4.69) is 29.2 Å². The maximum atomic E-state index is 8.74. The third kappa shape index (κ3) is 2.83. The summed E-state index contributed by atoms with van der Waals surface area (Å²) < 4.78 is 0. The van der Waals surface area contributed by atoms with Gasteiger partial charge in [-0.2, -0.15) is 5.10 Å².